The van der Waals surface area contributed by atoms with E-state index >= 15 is 0 Å². The number of aryl methyl sites for hydroxylation is 3. The molecule has 4 heteroatoms. The molecule has 1 unspecified atom stereocenters. The minimum Gasteiger partial charge on any atom is -1.00 e. The summed E-state index contributed by atoms with van der Waals surface area (Å²) >= 11 is 0. The Hall–Kier alpha value is -1.06. The molecule has 0 spiro atoms. The van der Waals surface area contributed by atoms with Crippen LogP contribution in [0, 0.1) is 20.8 Å². The van der Waals surface area contributed by atoms with E-state index < -0.39 is 0 Å². The zero-order valence-electron chi connectivity index (χ0n) is 18.4. The van der Waals surface area contributed by atoms with Gasteiger partial charge >= 0.3 is 18.9 Å². The molecular formula is C22H30LiO2P. The van der Waals surface area contributed by atoms with Crippen molar-refractivity contribution >= 4 is 19.4 Å². The molecule has 0 saturated heterocycles. The van der Waals surface area contributed by atoms with E-state index in [9.17, 15) is 4.79 Å². The molecule has 0 radical (unpaired) electrons. The number of hydrogen-bond donors (Lipinski definition) is 0. The van der Waals surface area contributed by atoms with Gasteiger partial charge in [0.2, 0.25) is 0 Å². The molecule has 0 aliphatic carbocycles. The van der Waals surface area contributed by atoms with E-state index in [4.69, 9.17) is 4.74 Å². The molecule has 2 aromatic carbocycles. The average Bonchev–Trinajstić information content (AvgIpc) is 2.48. The maximum Gasteiger partial charge on any atom is 1.00 e. The molecule has 0 aliphatic rings. The summed E-state index contributed by atoms with van der Waals surface area (Å²) in [6, 6.07) is 10.3. The number of carbonyl (C=O) groups excluding carboxylic acids is 1. The Kier molecular flexibility index (Phi) is 8.16. The number of ether oxygens (including phenoxy) is 1. The van der Waals surface area contributed by atoms with Crippen molar-refractivity contribution in [2.45, 2.75) is 53.9 Å². The van der Waals surface area contributed by atoms with Crippen LogP contribution >= 0.6 is 8.58 Å². The molecule has 0 heterocycles. The fraction of sp³-hybridized carbons (Fsp3) is 0.409. The monoisotopic (exact) mass is 364 g/mol. The van der Waals surface area contributed by atoms with Gasteiger partial charge in [0.1, 0.15) is 5.75 Å². The molecule has 0 amide bonds. The van der Waals surface area contributed by atoms with Gasteiger partial charge in [0, 0.05) is 5.56 Å². The van der Waals surface area contributed by atoms with Crippen LogP contribution in [0.3, 0.4) is 0 Å². The van der Waals surface area contributed by atoms with E-state index in [1.807, 2.05) is 45.9 Å². The molecule has 1 atom stereocenters. The van der Waals surface area contributed by atoms with Crippen LogP contribution in [0.15, 0.2) is 30.3 Å². The molecule has 0 aromatic heterocycles. The second-order valence-electron chi connectivity index (χ2n) is 7.60. The minimum absolute atomic E-state index is 0. The molecule has 0 N–H and O–H groups in total. The first-order chi connectivity index (χ1) is 11.6. The van der Waals surface area contributed by atoms with Crippen molar-refractivity contribution in [3.05, 3.63) is 58.1 Å². The van der Waals surface area contributed by atoms with Gasteiger partial charge in [-0.05, 0) is 81.4 Å². The topological polar surface area (TPSA) is 26.3 Å². The smallest absolute Gasteiger partial charge is 1.00 e. The second-order valence-corrected chi connectivity index (χ2v) is 8.84. The molecule has 0 aliphatic heterocycles. The first-order valence-electron chi connectivity index (χ1n) is 8.80. The fourth-order valence-electron chi connectivity index (χ4n) is 2.97. The van der Waals surface area contributed by atoms with Gasteiger partial charge in [-0.25, -0.2) is 0 Å². The molecule has 0 bridgehead atoms. The zero-order chi connectivity index (χ0) is 18.8. The Balaban J connectivity index is 0.00000338. The molecule has 2 nitrogen and oxygen atoms in total. The van der Waals surface area contributed by atoms with Gasteiger partial charge in [0.25, 0.3) is 0 Å². The van der Waals surface area contributed by atoms with Crippen LogP contribution in [-0.4, -0.2) is 12.1 Å². The molecular weight excluding hydrogens is 334 g/mol. The number of rotatable bonds is 5. The standard InChI is InChI=1S/C22H29O2P.Li.H/c1-8-24-18-9-10-19(14(2)13-18)25-21(23)20-15(3)11-17(12-16(20)4)22(5,6)7;;/h9-13,25H,8H2,1-7H3;;/q;+1;-1. The summed E-state index contributed by atoms with van der Waals surface area (Å²) in [5.41, 5.74) is 5.71. The van der Waals surface area contributed by atoms with Crippen LogP contribution in [0.2, 0.25) is 0 Å². The Morgan fingerprint density at radius 3 is 2.08 bits per heavy atom. The number of hydrogen-bond acceptors (Lipinski definition) is 2. The largest absolute Gasteiger partial charge is 1.00 e. The van der Waals surface area contributed by atoms with Gasteiger partial charge in [-0.15, -0.1) is 0 Å². The molecule has 26 heavy (non-hydrogen) atoms. The minimum atomic E-state index is 0. The second kappa shape index (κ2) is 9.23. The fourth-order valence-corrected chi connectivity index (χ4v) is 4.17. The van der Waals surface area contributed by atoms with Crippen molar-refractivity contribution in [1.82, 2.24) is 0 Å². The Morgan fingerprint density at radius 2 is 1.62 bits per heavy atom. The van der Waals surface area contributed by atoms with Crippen LogP contribution in [0.1, 0.15) is 61.7 Å². The molecule has 0 fully saturated rings. The van der Waals surface area contributed by atoms with Gasteiger partial charge < -0.3 is 6.16 Å². The predicted octanol–water partition coefficient (Wildman–Crippen LogP) is 2.57. The summed E-state index contributed by atoms with van der Waals surface area (Å²) in [6.45, 7) is 15.4. The number of carbonyl (C=O) groups is 1. The van der Waals surface area contributed by atoms with Crippen LogP contribution in [0.5, 0.6) is 5.75 Å². The van der Waals surface area contributed by atoms with E-state index in [0.29, 0.717) is 6.61 Å². The van der Waals surface area contributed by atoms with Gasteiger partial charge in [-0.1, -0.05) is 39.0 Å². The van der Waals surface area contributed by atoms with E-state index in [1.54, 1.807) is 0 Å². The van der Waals surface area contributed by atoms with E-state index in [2.05, 4.69) is 32.9 Å². The van der Waals surface area contributed by atoms with Crippen LogP contribution in [0.4, 0.5) is 0 Å². The SMILES string of the molecule is CCOc1ccc(PC(=O)c2c(C)cc(C(C)(C)C)cc2C)c(C)c1.[H-].[Li+]. The summed E-state index contributed by atoms with van der Waals surface area (Å²) in [7, 11) is 0.135. The Labute approximate surface area is 173 Å². The van der Waals surface area contributed by atoms with Crippen molar-refractivity contribution in [2.75, 3.05) is 6.61 Å². The van der Waals surface area contributed by atoms with Crippen molar-refractivity contribution < 1.29 is 29.8 Å². The Morgan fingerprint density at radius 1 is 1.04 bits per heavy atom. The third-order valence-corrected chi connectivity index (χ3v) is 5.69. The van der Waals surface area contributed by atoms with Crippen molar-refractivity contribution in [1.29, 1.82) is 0 Å². The average molecular weight is 364 g/mol. The summed E-state index contributed by atoms with van der Waals surface area (Å²) in [6.07, 6.45) is 0. The predicted molar refractivity (Wildman–Crippen MR) is 110 cm³/mol. The third kappa shape index (κ3) is 5.47. The first kappa shape index (κ1) is 23.0. The molecule has 2 aromatic rings. The van der Waals surface area contributed by atoms with Crippen molar-refractivity contribution in [3.8, 4) is 5.75 Å². The van der Waals surface area contributed by atoms with Gasteiger partial charge in [0.05, 0.1) is 6.61 Å². The zero-order valence-corrected chi connectivity index (χ0v) is 18.4. The van der Waals surface area contributed by atoms with E-state index in [0.717, 1.165) is 33.3 Å². The number of benzene rings is 2. The van der Waals surface area contributed by atoms with Gasteiger partial charge in [-0.3, -0.25) is 4.79 Å². The maximum atomic E-state index is 13.0. The summed E-state index contributed by atoms with van der Waals surface area (Å²) < 4.78 is 5.53. The first-order valence-corrected chi connectivity index (χ1v) is 9.80. The summed E-state index contributed by atoms with van der Waals surface area (Å²) in [5, 5.41) is 1.09. The normalized spacial score (nSPS) is 11.5. The van der Waals surface area contributed by atoms with Gasteiger partial charge in [-0.2, -0.15) is 0 Å². The van der Waals surface area contributed by atoms with E-state index in [-0.39, 0.29) is 39.8 Å². The van der Waals surface area contributed by atoms with Crippen LogP contribution in [-0.2, 0) is 5.41 Å². The third-order valence-electron chi connectivity index (χ3n) is 4.38. The Bertz CT molecular complexity index is 774. The molecule has 2 rings (SSSR count). The molecule has 0 saturated carbocycles. The van der Waals surface area contributed by atoms with Gasteiger partial charge in [0.15, 0.2) is 5.52 Å². The van der Waals surface area contributed by atoms with Crippen molar-refractivity contribution in [3.63, 3.8) is 0 Å². The maximum absolute atomic E-state index is 13.0. The van der Waals surface area contributed by atoms with E-state index in [1.165, 1.54) is 5.56 Å². The van der Waals surface area contributed by atoms with Crippen LogP contribution < -0.4 is 28.9 Å². The summed E-state index contributed by atoms with van der Waals surface area (Å²) in [4.78, 5) is 13.0. The van der Waals surface area contributed by atoms with Crippen LogP contribution in [0.25, 0.3) is 0 Å². The van der Waals surface area contributed by atoms with Crippen molar-refractivity contribution in [2.24, 2.45) is 0 Å². The quantitative estimate of drug-likeness (QED) is 0.602. The summed E-state index contributed by atoms with van der Waals surface area (Å²) in [5.74, 6) is 0.864. The molecule has 136 valence electrons.